The van der Waals surface area contributed by atoms with Crippen LogP contribution in [0.2, 0.25) is 0 Å². The monoisotopic (exact) mass is 464 g/mol. The molecule has 2 saturated heterocycles. The number of β-amino-alcohol motifs (C(OH)–C–C–N with tert-alkyl or cyclic N) is 1. The molecule has 2 saturated carbocycles. The van der Waals surface area contributed by atoms with Crippen molar-refractivity contribution in [3.05, 3.63) is 12.1 Å². The maximum Gasteiger partial charge on any atom is 0.200 e. The lowest BCUT2D eigenvalue weighted by Crippen LogP contribution is -2.46. The van der Waals surface area contributed by atoms with E-state index in [4.69, 9.17) is 4.74 Å². The molecule has 0 aromatic carbocycles. The van der Waals surface area contributed by atoms with Gasteiger partial charge in [0, 0.05) is 51.7 Å². The number of anilines is 1. The van der Waals surface area contributed by atoms with Crippen LogP contribution >= 0.6 is 0 Å². The number of likely N-dealkylation sites (tertiary alicyclic amines) is 1. The van der Waals surface area contributed by atoms with Gasteiger partial charge in [0.2, 0.25) is 0 Å². The van der Waals surface area contributed by atoms with Gasteiger partial charge in [-0.2, -0.15) is 0 Å². The van der Waals surface area contributed by atoms with Crippen LogP contribution in [0, 0.1) is 11.8 Å². The second-order valence-corrected chi connectivity index (χ2v) is 12.6. The standard InChI is InChI=1S/C23H36N4O4S/c28-23(8-10-31-11-9-23)16-27-14-17-12-19(13-18(17)15-27)24-21-6-7-22(26-25-21)32(29,30)20-4-2-1-3-5-20/h6-7,17-20,28H,1-5,8-16H2,(H,24,25)/t17-,18+,19-. The molecule has 1 aromatic rings. The number of sulfone groups is 1. The SMILES string of the molecule is O=S(=O)(c1ccc(N[C@@H]2C[C@@H]3CN(CC4(O)CCOCC4)C[C@@H]3C2)nn1)C1CCCCC1. The molecule has 3 atom stereocenters. The van der Waals surface area contributed by atoms with Crippen LogP contribution in [0.5, 0.6) is 0 Å². The van der Waals surface area contributed by atoms with E-state index in [0.717, 1.165) is 77.4 Å². The van der Waals surface area contributed by atoms with E-state index in [1.165, 1.54) is 0 Å². The van der Waals surface area contributed by atoms with E-state index >= 15 is 0 Å². The Morgan fingerprint density at radius 2 is 1.75 bits per heavy atom. The Hall–Kier alpha value is -1.29. The van der Waals surface area contributed by atoms with Crippen molar-refractivity contribution in [3.63, 3.8) is 0 Å². The fraction of sp³-hybridized carbons (Fsp3) is 0.826. The van der Waals surface area contributed by atoms with Crippen molar-refractivity contribution in [2.75, 3.05) is 38.2 Å². The zero-order valence-corrected chi connectivity index (χ0v) is 19.6. The lowest BCUT2D eigenvalue weighted by atomic mass is 9.94. The van der Waals surface area contributed by atoms with Gasteiger partial charge in [0.1, 0.15) is 5.82 Å². The quantitative estimate of drug-likeness (QED) is 0.661. The van der Waals surface area contributed by atoms with E-state index < -0.39 is 15.4 Å². The van der Waals surface area contributed by atoms with Crippen LogP contribution in [0.1, 0.15) is 57.8 Å². The molecule has 2 aliphatic carbocycles. The van der Waals surface area contributed by atoms with Crippen molar-refractivity contribution in [1.29, 1.82) is 0 Å². The minimum Gasteiger partial charge on any atom is -0.388 e. The van der Waals surface area contributed by atoms with Crippen LogP contribution in [-0.4, -0.2) is 78.4 Å². The highest BCUT2D eigenvalue weighted by Gasteiger charge is 2.43. The molecule has 9 heteroatoms. The average Bonchev–Trinajstić information content (AvgIpc) is 3.32. The highest BCUT2D eigenvalue weighted by molar-refractivity contribution is 7.92. The van der Waals surface area contributed by atoms with Crippen LogP contribution in [0.4, 0.5) is 5.82 Å². The lowest BCUT2D eigenvalue weighted by Gasteiger charge is -2.35. The van der Waals surface area contributed by atoms with Crippen LogP contribution < -0.4 is 5.32 Å². The smallest absolute Gasteiger partial charge is 0.200 e. The molecule has 178 valence electrons. The highest BCUT2D eigenvalue weighted by Crippen LogP contribution is 2.40. The van der Waals surface area contributed by atoms with Crippen molar-refractivity contribution in [2.45, 2.75) is 79.7 Å². The summed E-state index contributed by atoms with van der Waals surface area (Å²) in [6.07, 6.45) is 8.16. The Labute approximate surface area is 191 Å². The Balaban J connectivity index is 1.13. The van der Waals surface area contributed by atoms with Gasteiger partial charge in [-0.3, -0.25) is 4.90 Å². The van der Waals surface area contributed by atoms with E-state index in [-0.39, 0.29) is 10.3 Å². The summed E-state index contributed by atoms with van der Waals surface area (Å²) in [7, 11) is -3.38. The van der Waals surface area contributed by atoms with Crippen LogP contribution in [-0.2, 0) is 14.6 Å². The van der Waals surface area contributed by atoms with Gasteiger partial charge < -0.3 is 15.2 Å². The fourth-order valence-electron chi connectivity index (χ4n) is 6.27. The fourth-order valence-corrected chi connectivity index (χ4v) is 7.98. The number of aliphatic hydroxyl groups is 1. The number of hydrogen-bond donors (Lipinski definition) is 2. The topological polar surface area (TPSA) is 105 Å². The predicted molar refractivity (Wildman–Crippen MR) is 121 cm³/mol. The van der Waals surface area contributed by atoms with Crippen LogP contribution in [0.25, 0.3) is 0 Å². The number of hydrogen-bond acceptors (Lipinski definition) is 8. The van der Waals surface area contributed by atoms with Gasteiger partial charge in [0.25, 0.3) is 0 Å². The van der Waals surface area contributed by atoms with Crippen LogP contribution in [0.15, 0.2) is 17.2 Å². The van der Waals surface area contributed by atoms with Gasteiger partial charge in [0.05, 0.1) is 10.9 Å². The summed E-state index contributed by atoms with van der Waals surface area (Å²) in [4.78, 5) is 2.43. The van der Waals surface area contributed by atoms with Crippen molar-refractivity contribution >= 4 is 15.7 Å². The molecule has 2 aliphatic heterocycles. The average molecular weight is 465 g/mol. The molecule has 3 heterocycles. The van der Waals surface area contributed by atoms with Crippen molar-refractivity contribution < 1.29 is 18.3 Å². The summed E-state index contributed by atoms with van der Waals surface area (Å²) < 4.78 is 31.0. The first-order valence-electron chi connectivity index (χ1n) is 12.3. The van der Waals surface area contributed by atoms with Crippen molar-refractivity contribution in [3.8, 4) is 0 Å². The molecule has 0 bridgehead atoms. The lowest BCUT2D eigenvalue weighted by molar-refractivity contribution is -0.0779. The molecular formula is C23H36N4O4S. The number of aromatic nitrogens is 2. The molecule has 4 aliphatic rings. The minimum atomic E-state index is -3.38. The molecule has 5 rings (SSSR count). The van der Waals surface area contributed by atoms with Gasteiger partial charge in [-0.15, -0.1) is 10.2 Å². The van der Waals surface area contributed by atoms with Gasteiger partial charge in [-0.1, -0.05) is 19.3 Å². The predicted octanol–water partition coefficient (Wildman–Crippen LogP) is 2.25. The molecule has 1 aromatic heterocycles. The first-order valence-corrected chi connectivity index (χ1v) is 13.8. The molecule has 0 spiro atoms. The van der Waals surface area contributed by atoms with E-state index in [0.29, 0.717) is 36.9 Å². The Morgan fingerprint density at radius 3 is 2.38 bits per heavy atom. The van der Waals surface area contributed by atoms with Crippen molar-refractivity contribution in [2.24, 2.45) is 11.8 Å². The summed E-state index contributed by atoms with van der Waals surface area (Å²) in [5.74, 6) is 1.93. The summed E-state index contributed by atoms with van der Waals surface area (Å²) in [6, 6.07) is 3.73. The second kappa shape index (κ2) is 9.16. The van der Waals surface area contributed by atoms with Gasteiger partial charge in [0.15, 0.2) is 14.9 Å². The number of nitrogens with one attached hydrogen (secondary N) is 1. The number of rotatable bonds is 6. The molecule has 0 radical (unpaired) electrons. The van der Waals surface area contributed by atoms with E-state index in [1.807, 2.05) is 0 Å². The highest BCUT2D eigenvalue weighted by atomic mass is 32.2. The van der Waals surface area contributed by atoms with Gasteiger partial charge in [-0.25, -0.2) is 8.42 Å². The molecule has 0 amide bonds. The molecule has 2 N–H and O–H groups in total. The van der Waals surface area contributed by atoms with E-state index in [2.05, 4.69) is 20.4 Å². The zero-order valence-electron chi connectivity index (χ0n) is 18.8. The van der Waals surface area contributed by atoms with E-state index in [9.17, 15) is 13.5 Å². The summed E-state index contributed by atoms with van der Waals surface area (Å²) >= 11 is 0. The normalized spacial score (nSPS) is 31.5. The van der Waals surface area contributed by atoms with Gasteiger partial charge in [-0.05, 0) is 49.7 Å². The zero-order chi connectivity index (χ0) is 22.2. The number of fused-ring (bicyclic) bond motifs is 1. The first-order chi connectivity index (χ1) is 15.4. The molecular weight excluding hydrogens is 428 g/mol. The molecule has 4 fully saturated rings. The van der Waals surface area contributed by atoms with Crippen LogP contribution in [0.3, 0.4) is 0 Å². The van der Waals surface area contributed by atoms with Crippen molar-refractivity contribution in [1.82, 2.24) is 15.1 Å². The van der Waals surface area contributed by atoms with Gasteiger partial charge >= 0.3 is 0 Å². The summed E-state index contributed by atoms with van der Waals surface area (Å²) in [5, 5.41) is 22.4. The second-order valence-electron chi connectivity index (χ2n) is 10.4. The number of nitrogens with zero attached hydrogens (tertiary/aromatic N) is 3. The van der Waals surface area contributed by atoms with E-state index in [1.54, 1.807) is 12.1 Å². The molecule has 32 heavy (non-hydrogen) atoms. The Kier molecular flexibility index (Phi) is 6.44. The third-order valence-corrected chi connectivity index (χ3v) is 10.2. The summed E-state index contributed by atoms with van der Waals surface area (Å²) in [5.41, 5.74) is -0.593. The maximum atomic E-state index is 12.8. The summed E-state index contributed by atoms with van der Waals surface area (Å²) in [6.45, 7) is 4.15. The largest absolute Gasteiger partial charge is 0.388 e. The first kappa shape index (κ1) is 22.5. The maximum absolute atomic E-state index is 12.8. The Morgan fingerprint density at radius 1 is 1.06 bits per heavy atom. The molecule has 8 nitrogen and oxygen atoms in total. The minimum absolute atomic E-state index is 0.111. The third kappa shape index (κ3) is 4.81. The third-order valence-electron chi connectivity index (χ3n) is 8.04. The molecule has 0 unspecified atom stereocenters. The Bertz CT molecular complexity index is 868. The number of ether oxygens (including phenoxy) is 1.